The molecule has 5 aromatic rings. The molecule has 0 atom stereocenters. The Morgan fingerprint density at radius 1 is 0.943 bits per heavy atom. The highest BCUT2D eigenvalue weighted by atomic mass is 32.2. The summed E-state index contributed by atoms with van der Waals surface area (Å²) in [5, 5.41) is 4.70. The Labute approximate surface area is 200 Å². The molecular formula is C25H19N3O6S. The maximum atomic E-state index is 13.0. The largest absolute Gasteiger partial charge is 0.454 e. The number of nitrogens with zero attached hydrogens (tertiary/aromatic N) is 2. The lowest BCUT2D eigenvalue weighted by Crippen LogP contribution is -2.12. The van der Waals surface area contributed by atoms with Gasteiger partial charge in [0.05, 0.1) is 4.90 Å². The zero-order valence-corrected chi connectivity index (χ0v) is 19.5. The Kier molecular flexibility index (Phi) is 4.78. The number of ether oxygens (including phenoxy) is 2. The Morgan fingerprint density at radius 3 is 2.66 bits per heavy atom. The van der Waals surface area contributed by atoms with Crippen molar-refractivity contribution in [3.05, 3.63) is 71.8 Å². The van der Waals surface area contributed by atoms with E-state index in [9.17, 15) is 8.42 Å². The molecule has 0 bridgehead atoms. The van der Waals surface area contributed by atoms with Crippen molar-refractivity contribution in [1.82, 2.24) is 10.1 Å². The first kappa shape index (κ1) is 21.2. The highest BCUT2D eigenvalue weighted by Crippen LogP contribution is 2.37. The summed E-state index contributed by atoms with van der Waals surface area (Å²) in [6.07, 6.45) is 0. The van der Waals surface area contributed by atoms with Crippen LogP contribution >= 0.6 is 0 Å². The Hall–Kier alpha value is -4.31. The molecule has 0 aliphatic carbocycles. The zero-order chi connectivity index (χ0) is 24.2. The lowest BCUT2D eigenvalue weighted by Gasteiger charge is -2.08. The number of nitrogens with one attached hydrogen (secondary N) is 1. The summed E-state index contributed by atoms with van der Waals surface area (Å²) < 4.78 is 50.8. The monoisotopic (exact) mass is 489 g/mol. The van der Waals surface area contributed by atoms with Crippen LogP contribution in [0.25, 0.3) is 34.0 Å². The Morgan fingerprint density at radius 2 is 1.80 bits per heavy atom. The van der Waals surface area contributed by atoms with Crippen molar-refractivity contribution in [2.45, 2.75) is 18.7 Å². The number of hydrogen-bond acceptors (Lipinski definition) is 8. The van der Waals surface area contributed by atoms with Crippen LogP contribution in [0.1, 0.15) is 11.1 Å². The summed E-state index contributed by atoms with van der Waals surface area (Å²) in [4.78, 5) is 4.59. The van der Waals surface area contributed by atoms with E-state index in [2.05, 4.69) is 14.9 Å². The highest BCUT2D eigenvalue weighted by Gasteiger charge is 2.23. The number of furan rings is 1. The van der Waals surface area contributed by atoms with Crippen molar-refractivity contribution >= 4 is 26.7 Å². The van der Waals surface area contributed by atoms with Gasteiger partial charge in [0.2, 0.25) is 12.6 Å². The highest BCUT2D eigenvalue weighted by molar-refractivity contribution is 7.92. The summed E-state index contributed by atoms with van der Waals surface area (Å²) in [6.45, 7) is 3.89. The van der Waals surface area contributed by atoms with Gasteiger partial charge in [0.1, 0.15) is 5.58 Å². The Balaban J connectivity index is 1.33. The fourth-order valence-corrected chi connectivity index (χ4v) is 5.04. The summed E-state index contributed by atoms with van der Waals surface area (Å²) in [7, 11) is -3.80. The first-order valence-electron chi connectivity index (χ1n) is 10.7. The van der Waals surface area contributed by atoms with Crippen LogP contribution in [0.4, 0.5) is 5.69 Å². The molecule has 10 heteroatoms. The number of aromatic nitrogens is 2. The van der Waals surface area contributed by atoms with Crippen molar-refractivity contribution < 1.29 is 26.8 Å². The third-order valence-electron chi connectivity index (χ3n) is 5.74. The van der Waals surface area contributed by atoms with Gasteiger partial charge in [0.25, 0.3) is 15.9 Å². The van der Waals surface area contributed by atoms with Gasteiger partial charge >= 0.3 is 0 Å². The molecule has 1 N–H and O–H groups in total. The molecule has 176 valence electrons. The quantitative estimate of drug-likeness (QED) is 0.354. The van der Waals surface area contributed by atoms with E-state index in [1.54, 1.807) is 42.5 Å². The number of sulfonamides is 1. The van der Waals surface area contributed by atoms with E-state index in [0.29, 0.717) is 50.9 Å². The van der Waals surface area contributed by atoms with E-state index in [4.69, 9.17) is 18.4 Å². The normalized spacial score (nSPS) is 12.9. The van der Waals surface area contributed by atoms with Crippen molar-refractivity contribution in [2.24, 2.45) is 0 Å². The molecule has 0 unspecified atom stereocenters. The van der Waals surface area contributed by atoms with Gasteiger partial charge in [-0.2, -0.15) is 4.98 Å². The van der Waals surface area contributed by atoms with Crippen molar-refractivity contribution in [2.75, 3.05) is 11.5 Å². The molecule has 0 saturated heterocycles. The minimum atomic E-state index is -3.80. The van der Waals surface area contributed by atoms with Crippen LogP contribution in [0.5, 0.6) is 11.5 Å². The molecule has 0 amide bonds. The average molecular weight is 490 g/mol. The number of benzene rings is 3. The van der Waals surface area contributed by atoms with E-state index in [-0.39, 0.29) is 17.6 Å². The van der Waals surface area contributed by atoms with Gasteiger partial charge in [-0.3, -0.25) is 4.72 Å². The predicted molar refractivity (Wildman–Crippen MR) is 128 cm³/mol. The fourth-order valence-electron chi connectivity index (χ4n) is 3.96. The van der Waals surface area contributed by atoms with Crippen LogP contribution in [-0.2, 0) is 10.0 Å². The van der Waals surface area contributed by atoms with Crippen LogP contribution < -0.4 is 14.2 Å². The van der Waals surface area contributed by atoms with Gasteiger partial charge in [-0.25, -0.2) is 8.42 Å². The van der Waals surface area contributed by atoms with E-state index < -0.39 is 10.0 Å². The molecular weight excluding hydrogens is 470 g/mol. The second kappa shape index (κ2) is 7.88. The first-order valence-corrected chi connectivity index (χ1v) is 12.2. The molecule has 9 nitrogen and oxygen atoms in total. The topological polar surface area (TPSA) is 117 Å². The summed E-state index contributed by atoms with van der Waals surface area (Å²) in [5.74, 6) is 2.20. The molecule has 2 aromatic heterocycles. The molecule has 6 rings (SSSR count). The number of hydrogen-bond donors (Lipinski definition) is 1. The van der Waals surface area contributed by atoms with Gasteiger partial charge in [0, 0.05) is 22.2 Å². The lowest BCUT2D eigenvalue weighted by atomic mass is 10.1. The molecule has 0 radical (unpaired) electrons. The molecule has 35 heavy (non-hydrogen) atoms. The molecule has 0 spiro atoms. The van der Waals surface area contributed by atoms with Crippen molar-refractivity contribution in [1.29, 1.82) is 0 Å². The molecule has 0 saturated carbocycles. The average Bonchev–Trinajstić information content (AvgIpc) is 3.57. The molecule has 1 aliphatic heterocycles. The molecule has 3 aromatic carbocycles. The first-order chi connectivity index (χ1) is 16.9. The smallest absolute Gasteiger partial charge is 0.294 e. The minimum absolute atomic E-state index is 0.119. The van der Waals surface area contributed by atoms with Crippen molar-refractivity contribution in [3.63, 3.8) is 0 Å². The SMILES string of the molecule is Cc1cccc(NS(=O)(=O)c2ccc3oc(-c4nc(-c5ccc6c(c5)OCO6)no4)c(C)c3c2)c1. The third-order valence-corrected chi connectivity index (χ3v) is 7.12. The number of aryl methyl sites for hydroxylation is 2. The van der Waals surface area contributed by atoms with Crippen LogP contribution in [0, 0.1) is 13.8 Å². The Bertz CT molecular complexity index is 1700. The van der Waals surface area contributed by atoms with Gasteiger partial charge < -0.3 is 18.4 Å². The van der Waals surface area contributed by atoms with Crippen molar-refractivity contribution in [3.8, 4) is 34.5 Å². The van der Waals surface area contributed by atoms with Crippen LogP contribution in [-0.4, -0.2) is 25.4 Å². The number of anilines is 1. The van der Waals surface area contributed by atoms with Crippen LogP contribution in [0.2, 0.25) is 0 Å². The van der Waals surface area contributed by atoms with Gasteiger partial charge in [-0.15, -0.1) is 0 Å². The van der Waals surface area contributed by atoms with Gasteiger partial charge in [-0.1, -0.05) is 17.3 Å². The maximum absolute atomic E-state index is 13.0. The molecule has 3 heterocycles. The molecule has 0 fully saturated rings. The number of rotatable bonds is 5. The van der Waals surface area contributed by atoms with E-state index in [1.807, 2.05) is 26.0 Å². The predicted octanol–water partition coefficient (Wildman–Crippen LogP) is 5.30. The minimum Gasteiger partial charge on any atom is -0.454 e. The maximum Gasteiger partial charge on any atom is 0.294 e. The summed E-state index contributed by atoms with van der Waals surface area (Å²) >= 11 is 0. The zero-order valence-electron chi connectivity index (χ0n) is 18.7. The van der Waals surface area contributed by atoms with Crippen LogP contribution in [0.3, 0.4) is 0 Å². The van der Waals surface area contributed by atoms with Gasteiger partial charge in [-0.05, 0) is 67.9 Å². The van der Waals surface area contributed by atoms with E-state index in [1.165, 1.54) is 6.07 Å². The van der Waals surface area contributed by atoms with E-state index >= 15 is 0 Å². The standard InChI is InChI=1S/C25H19N3O6S/c1-14-4-3-5-17(10-14)28-35(29,30)18-7-9-20-19(12-18)15(2)23(33-20)25-26-24(27-34-25)16-6-8-21-22(11-16)32-13-31-21/h3-12,28H,13H2,1-2H3. The third kappa shape index (κ3) is 3.77. The lowest BCUT2D eigenvalue weighted by molar-refractivity contribution is 0.174. The molecule has 1 aliphatic rings. The number of fused-ring (bicyclic) bond motifs is 2. The van der Waals surface area contributed by atoms with Crippen LogP contribution in [0.15, 0.2) is 74.5 Å². The second-order valence-corrected chi connectivity index (χ2v) is 9.86. The second-order valence-electron chi connectivity index (χ2n) is 8.18. The van der Waals surface area contributed by atoms with Gasteiger partial charge in [0.15, 0.2) is 17.3 Å². The van der Waals surface area contributed by atoms with E-state index in [0.717, 1.165) is 5.56 Å². The summed E-state index contributed by atoms with van der Waals surface area (Å²) in [5.41, 5.74) is 3.35. The summed E-state index contributed by atoms with van der Waals surface area (Å²) in [6, 6.07) is 17.2. The fraction of sp³-hybridized carbons (Fsp3) is 0.120.